The molecule has 0 aliphatic heterocycles. The van der Waals surface area contributed by atoms with Crippen LogP contribution in [0.25, 0.3) is 6.08 Å². The van der Waals surface area contributed by atoms with E-state index < -0.39 is 0 Å². The number of nitrogens with zero attached hydrogens (tertiary/aromatic N) is 3. The first-order valence-electron chi connectivity index (χ1n) is 2.35. The number of nitriles is 1. The number of hydrogen-bond donors (Lipinski definition) is 1. The lowest BCUT2D eigenvalue weighted by Gasteiger charge is -1.70. The maximum absolute atomic E-state index is 8.07. The Balaban J connectivity index is 2.71. The van der Waals surface area contributed by atoms with Crippen molar-refractivity contribution in [3.63, 3.8) is 0 Å². The van der Waals surface area contributed by atoms with E-state index in [2.05, 4.69) is 15.4 Å². The van der Waals surface area contributed by atoms with Gasteiger partial charge in [-0.05, 0) is 6.08 Å². The fraction of sp³-hybridized carbons (Fsp3) is 0. The Morgan fingerprint density at radius 2 is 2.67 bits per heavy atom. The summed E-state index contributed by atoms with van der Waals surface area (Å²) in [5, 5.41) is 17.7. The molecule has 1 N–H and O–H groups in total. The first-order chi connectivity index (χ1) is 4.43. The molecule has 0 saturated carbocycles. The molecule has 0 amide bonds. The molecule has 0 aliphatic rings. The summed E-state index contributed by atoms with van der Waals surface area (Å²) in [6.07, 6.45) is 4.45. The van der Waals surface area contributed by atoms with Crippen LogP contribution in [0.4, 0.5) is 0 Å². The minimum Gasteiger partial charge on any atom is -0.197 e. The van der Waals surface area contributed by atoms with E-state index in [1.54, 1.807) is 6.08 Å². The average Bonchev–Trinajstić information content (AvgIpc) is 2.34. The monoisotopic (exact) mass is 120 g/mol. The first kappa shape index (κ1) is 5.51. The van der Waals surface area contributed by atoms with Crippen LogP contribution >= 0.6 is 0 Å². The number of allylic oxidation sites excluding steroid dienone is 1. The van der Waals surface area contributed by atoms with Gasteiger partial charge in [0.1, 0.15) is 5.69 Å². The number of aromatic nitrogens is 3. The molecule has 1 aromatic rings. The second kappa shape index (κ2) is 2.62. The fourth-order valence-corrected chi connectivity index (χ4v) is 0.413. The molecule has 1 aromatic heterocycles. The van der Waals surface area contributed by atoms with Gasteiger partial charge in [0.15, 0.2) is 0 Å². The van der Waals surface area contributed by atoms with Crippen molar-refractivity contribution in [2.24, 2.45) is 0 Å². The van der Waals surface area contributed by atoms with Crippen LogP contribution in [0.15, 0.2) is 12.3 Å². The van der Waals surface area contributed by atoms with Crippen molar-refractivity contribution in [2.45, 2.75) is 0 Å². The van der Waals surface area contributed by atoms with Crippen molar-refractivity contribution in [2.75, 3.05) is 0 Å². The van der Waals surface area contributed by atoms with Gasteiger partial charge in [-0.1, -0.05) is 0 Å². The highest BCUT2D eigenvalue weighted by molar-refractivity contribution is 5.45. The molecule has 0 fully saturated rings. The molecular formula is C5H4N4. The zero-order valence-electron chi connectivity index (χ0n) is 4.57. The molecule has 0 radical (unpaired) electrons. The normalized spacial score (nSPS) is 9.67. The zero-order chi connectivity index (χ0) is 6.53. The Hall–Kier alpha value is -1.63. The highest BCUT2D eigenvalue weighted by Crippen LogP contribution is 1.89. The quantitative estimate of drug-likeness (QED) is 0.543. The van der Waals surface area contributed by atoms with Crippen molar-refractivity contribution in [1.82, 2.24) is 15.4 Å². The standard InChI is InChI=1S/C5H4N4/c6-3-1-2-5-4-7-9-8-5/h1-2,4H,(H,7,8,9)/b2-1+. The molecule has 0 saturated heterocycles. The minimum absolute atomic E-state index is 0.663. The van der Waals surface area contributed by atoms with Gasteiger partial charge in [0, 0.05) is 6.08 Å². The van der Waals surface area contributed by atoms with Crippen LogP contribution in [-0.4, -0.2) is 15.4 Å². The molecule has 4 heteroatoms. The molecule has 4 nitrogen and oxygen atoms in total. The first-order valence-corrected chi connectivity index (χ1v) is 2.35. The van der Waals surface area contributed by atoms with E-state index in [1.165, 1.54) is 12.3 Å². The van der Waals surface area contributed by atoms with Crippen LogP contribution in [-0.2, 0) is 0 Å². The summed E-state index contributed by atoms with van der Waals surface area (Å²) in [6, 6.07) is 1.84. The van der Waals surface area contributed by atoms with Gasteiger partial charge in [-0.3, -0.25) is 0 Å². The third kappa shape index (κ3) is 1.39. The van der Waals surface area contributed by atoms with Crippen molar-refractivity contribution in [1.29, 1.82) is 5.26 Å². The summed E-state index contributed by atoms with van der Waals surface area (Å²) in [4.78, 5) is 0. The molecule has 9 heavy (non-hydrogen) atoms. The van der Waals surface area contributed by atoms with Crippen LogP contribution in [0.1, 0.15) is 5.69 Å². The Labute approximate surface area is 51.8 Å². The largest absolute Gasteiger partial charge is 0.197 e. The van der Waals surface area contributed by atoms with E-state index in [-0.39, 0.29) is 0 Å². The van der Waals surface area contributed by atoms with Gasteiger partial charge in [0.05, 0.1) is 12.3 Å². The van der Waals surface area contributed by atoms with Crippen LogP contribution < -0.4 is 0 Å². The lowest BCUT2D eigenvalue weighted by molar-refractivity contribution is 0.937. The predicted molar refractivity (Wildman–Crippen MR) is 31.0 cm³/mol. The van der Waals surface area contributed by atoms with E-state index in [9.17, 15) is 0 Å². The third-order valence-electron chi connectivity index (χ3n) is 0.762. The van der Waals surface area contributed by atoms with Crippen molar-refractivity contribution >= 4 is 6.08 Å². The van der Waals surface area contributed by atoms with E-state index in [0.29, 0.717) is 5.69 Å². The number of hydrogen-bond acceptors (Lipinski definition) is 3. The lowest BCUT2D eigenvalue weighted by Crippen LogP contribution is -1.68. The highest BCUT2D eigenvalue weighted by atomic mass is 15.3. The molecule has 0 unspecified atom stereocenters. The van der Waals surface area contributed by atoms with Crippen LogP contribution in [0.2, 0.25) is 0 Å². The van der Waals surface area contributed by atoms with Crippen LogP contribution in [0.3, 0.4) is 0 Å². The van der Waals surface area contributed by atoms with Crippen LogP contribution in [0.5, 0.6) is 0 Å². The predicted octanol–water partition coefficient (Wildman–Crippen LogP) is 0.341. The maximum Gasteiger partial charge on any atom is 0.106 e. The van der Waals surface area contributed by atoms with Gasteiger partial charge in [-0.25, -0.2) is 0 Å². The second-order valence-electron chi connectivity index (χ2n) is 1.36. The Kier molecular flexibility index (Phi) is 1.60. The van der Waals surface area contributed by atoms with E-state index in [0.717, 1.165) is 0 Å². The SMILES string of the molecule is N#C/C=C/c1cn[nH]n1. The van der Waals surface area contributed by atoms with Gasteiger partial charge in [-0.2, -0.15) is 20.7 Å². The average molecular weight is 120 g/mol. The van der Waals surface area contributed by atoms with Gasteiger partial charge in [0.25, 0.3) is 0 Å². The summed E-state index contributed by atoms with van der Waals surface area (Å²) in [6.45, 7) is 0. The summed E-state index contributed by atoms with van der Waals surface area (Å²) in [5.41, 5.74) is 0.663. The van der Waals surface area contributed by atoms with Gasteiger partial charge < -0.3 is 0 Å². The molecule has 1 rings (SSSR count). The van der Waals surface area contributed by atoms with Crippen molar-refractivity contribution < 1.29 is 0 Å². The van der Waals surface area contributed by atoms with Crippen molar-refractivity contribution in [3.8, 4) is 6.07 Å². The summed E-state index contributed by atoms with van der Waals surface area (Å²) >= 11 is 0. The van der Waals surface area contributed by atoms with Gasteiger partial charge >= 0.3 is 0 Å². The zero-order valence-corrected chi connectivity index (χ0v) is 4.57. The molecule has 44 valence electrons. The number of nitrogens with one attached hydrogen (secondary N) is 1. The third-order valence-corrected chi connectivity index (χ3v) is 0.762. The van der Waals surface area contributed by atoms with Gasteiger partial charge in [0.2, 0.25) is 0 Å². The molecule has 1 heterocycles. The lowest BCUT2D eigenvalue weighted by atomic mass is 10.4. The summed E-state index contributed by atoms with van der Waals surface area (Å²) in [7, 11) is 0. The smallest absolute Gasteiger partial charge is 0.106 e. The second-order valence-corrected chi connectivity index (χ2v) is 1.36. The Morgan fingerprint density at radius 1 is 1.78 bits per heavy atom. The van der Waals surface area contributed by atoms with E-state index in [4.69, 9.17) is 5.26 Å². The number of aromatic amines is 1. The van der Waals surface area contributed by atoms with Gasteiger partial charge in [-0.15, -0.1) is 0 Å². The highest BCUT2D eigenvalue weighted by Gasteiger charge is 1.83. The number of H-pyrrole nitrogens is 1. The Bertz CT molecular complexity index is 228. The molecule has 0 spiro atoms. The summed E-state index contributed by atoms with van der Waals surface area (Å²) < 4.78 is 0. The molecular weight excluding hydrogens is 116 g/mol. The molecule has 0 aromatic carbocycles. The molecule has 0 atom stereocenters. The minimum atomic E-state index is 0.663. The van der Waals surface area contributed by atoms with Crippen molar-refractivity contribution in [3.05, 3.63) is 18.0 Å². The topological polar surface area (TPSA) is 65.4 Å². The summed E-state index contributed by atoms with van der Waals surface area (Å²) in [5.74, 6) is 0. The van der Waals surface area contributed by atoms with E-state index in [1.807, 2.05) is 6.07 Å². The molecule has 0 bridgehead atoms. The maximum atomic E-state index is 8.07. The number of rotatable bonds is 1. The Morgan fingerprint density at radius 3 is 3.22 bits per heavy atom. The van der Waals surface area contributed by atoms with Crippen LogP contribution in [0, 0.1) is 11.3 Å². The van der Waals surface area contributed by atoms with E-state index >= 15 is 0 Å². The fourth-order valence-electron chi connectivity index (χ4n) is 0.413. The molecule has 0 aliphatic carbocycles.